The van der Waals surface area contributed by atoms with Crippen LogP contribution in [-0.4, -0.2) is 32.2 Å². The standard InChI is InChI=1S/C10H22ClNO/c1-10(2,3)9(5-6-11)12-7-8-13-4/h9,12H,5-8H2,1-4H3. The smallest absolute Gasteiger partial charge is 0.0587 e. The minimum Gasteiger partial charge on any atom is -0.383 e. The number of methoxy groups -OCH3 is 1. The highest BCUT2D eigenvalue weighted by atomic mass is 35.5. The number of alkyl halides is 1. The van der Waals surface area contributed by atoms with Crippen LogP contribution in [0.25, 0.3) is 0 Å². The highest BCUT2D eigenvalue weighted by Gasteiger charge is 2.22. The van der Waals surface area contributed by atoms with E-state index in [9.17, 15) is 0 Å². The van der Waals surface area contributed by atoms with Gasteiger partial charge in [0.15, 0.2) is 0 Å². The van der Waals surface area contributed by atoms with Crippen molar-refractivity contribution < 1.29 is 4.74 Å². The lowest BCUT2D eigenvalue weighted by Gasteiger charge is -2.31. The maximum absolute atomic E-state index is 5.74. The maximum Gasteiger partial charge on any atom is 0.0587 e. The van der Waals surface area contributed by atoms with Gasteiger partial charge in [-0.15, -0.1) is 11.6 Å². The second kappa shape index (κ2) is 6.63. The van der Waals surface area contributed by atoms with Crippen molar-refractivity contribution in [3.05, 3.63) is 0 Å². The van der Waals surface area contributed by atoms with E-state index < -0.39 is 0 Å². The summed E-state index contributed by atoms with van der Waals surface area (Å²) < 4.78 is 4.99. The fraction of sp³-hybridized carbons (Fsp3) is 1.00. The molecule has 0 aliphatic rings. The van der Waals surface area contributed by atoms with Crippen molar-refractivity contribution in [1.82, 2.24) is 5.32 Å². The quantitative estimate of drug-likeness (QED) is 0.533. The van der Waals surface area contributed by atoms with Gasteiger partial charge >= 0.3 is 0 Å². The van der Waals surface area contributed by atoms with Crippen molar-refractivity contribution in [2.24, 2.45) is 5.41 Å². The zero-order chi connectivity index (χ0) is 10.3. The third-order valence-electron chi connectivity index (χ3n) is 2.14. The third kappa shape index (κ3) is 6.30. The Morgan fingerprint density at radius 1 is 1.38 bits per heavy atom. The van der Waals surface area contributed by atoms with Crippen LogP contribution < -0.4 is 5.32 Å². The lowest BCUT2D eigenvalue weighted by atomic mass is 9.85. The molecule has 0 aromatic rings. The summed E-state index contributed by atoms with van der Waals surface area (Å²) in [4.78, 5) is 0. The van der Waals surface area contributed by atoms with Crippen LogP contribution in [0.5, 0.6) is 0 Å². The first kappa shape index (κ1) is 13.2. The molecular formula is C10H22ClNO. The Balaban J connectivity index is 3.81. The Labute approximate surface area is 87.0 Å². The van der Waals surface area contributed by atoms with Gasteiger partial charge in [0.05, 0.1) is 6.61 Å². The Kier molecular flexibility index (Phi) is 6.74. The largest absolute Gasteiger partial charge is 0.383 e. The summed E-state index contributed by atoms with van der Waals surface area (Å²) in [7, 11) is 1.72. The van der Waals surface area contributed by atoms with Gasteiger partial charge in [-0.05, 0) is 11.8 Å². The first-order valence-corrected chi connectivity index (χ1v) is 5.34. The molecule has 0 radical (unpaired) electrons. The average molecular weight is 208 g/mol. The molecule has 0 bridgehead atoms. The van der Waals surface area contributed by atoms with E-state index in [0.717, 1.165) is 19.6 Å². The molecule has 0 rings (SSSR count). The van der Waals surface area contributed by atoms with Gasteiger partial charge < -0.3 is 10.1 Å². The molecule has 0 saturated heterocycles. The van der Waals surface area contributed by atoms with Gasteiger partial charge in [0.2, 0.25) is 0 Å². The van der Waals surface area contributed by atoms with Gasteiger partial charge in [0.25, 0.3) is 0 Å². The van der Waals surface area contributed by atoms with Crippen LogP contribution in [0.2, 0.25) is 0 Å². The first-order chi connectivity index (χ1) is 6.02. The second-order valence-electron chi connectivity index (χ2n) is 4.34. The summed E-state index contributed by atoms with van der Waals surface area (Å²) in [5.74, 6) is 0.710. The summed E-state index contributed by atoms with van der Waals surface area (Å²) in [5.41, 5.74) is 0.266. The Morgan fingerprint density at radius 3 is 2.38 bits per heavy atom. The SMILES string of the molecule is COCCNC(CCCl)C(C)(C)C. The lowest BCUT2D eigenvalue weighted by molar-refractivity contribution is 0.180. The van der Waals surface area contributed by atoms with E-state index in [2.05, 4.69) is 26.1 Å². The van der Waals surface area contributed by atoms with E-state index in [1.165, 1.54) is 0 Å². The molecule has 1 N–H and O–H groups in total. The predicted octanol–water partition coefficient (Wildman–Crippen LogP) is 2.27. The average Bonchev–Trinajstić information content (AvgIpc) is 2.01. The van der Waals surface area contributed by atoms with Crippen molar-refractivity contribution in [2.75, 3.05) is 26.1 Å². The summed E-state index contributed by atoms with van der Waals surface area (Å²) in [6.07, 6.45) is 1.01. The second-order valence-corrected chi connectivity index (χ2v) is 4.72. The molecule has 0 aromatic carbocycles. The Hall–Kier alpha value is 0.210. The predicted molar refractivity (Wildman–Crippen MR) is 58.5 cm³/mol. The van der Waals surface area contributed by atoms with Gasteiger partial charge in [-0.2, -0.15) is 0 Å². The van der Waals surface area contributed by atoms with E-state index in [1.807, 2.05) is 0 Å². The normalized spacial score (nSPS) is 14.5. The molecule has 0 heterocycles. The molecular weight excluding hydrogens is 186 g/mol. The molecule has 0 saturated carbocycles. The Bertz CT molecular complexity index is 123. The molecule has 13 heavy (non-hydrogen) atoms. The summed E-state index contributed by atoms with van der Waals surface area (Å²) in [6, 6.07) is 0.472. The van der Waals surface area contributed by atoms with Crippen molar-refractivity contribution in [1.29, 1.82) is 0 Å². The molecule has 80 valence electrons. The van der Waals surface area contributed by atoms with Crippen LogP contribution in [0.3, 0.4) is 0 Å². The molecule has 2 nitrogen and oxygen atoms in total. The molecule has 1 unspecified atom stereocenters. The highest BCUT2D eigenvalue weighted by Crippen LogP contribution is 2.21. The number of nitrogens with one attached hydrogen (secondary N) is 1. The van der Waals surface area contributed by atoms with Crippen LogP contribution >= 0.6 is 11.6 Å². The van der Waals surface area contributed by atoms with Crippen LogP contribution in [0, 0.1) is 5.41 Å². The van der Waals surface area contributed by atoms with E-state index >= 15 is 0 Å². The Morgan fingerprint density at radius 2 is 2.00 bits per heavy atom. The number of rotatable bonds is 6. The molecule has 0 aliphatic carbocycles. The minimum atomic E-state index is 0.266. The zero-order valence-corrected chi connectivity index (χ0v) is 9.95. The molecule has 1 atom stereocenters. The highest BCUT2D eigenvalue weighted by molar-refractivity contribution is 6.17. The first-order valence-electron chi connectivity index (χ1n) is 4.80. The van der Waals surface area contributed by atoms with Crippen LogP contribution in [0.1, 0.15) is 27.2 Å². The maximum atomic E-state index is 5.74. The molecule has 0 aromatic heterocycles. The van der Waals surface area contributed by atoms with Gasteiger partial charge in [0, 0.05) is 25.6 Å². The molecule has 0 aliphatic heterocycles. The van der Waals surface area contributed by atoms with Crippen LogP contribution in [-0.2, 0) is 4.74 Å². The minimum absolute atomic E-state index is 0.266. The zero-order valence-electron chi connectivity index (χ0n) is 9.19. The van der Waals surface area contributed by atoms with Gasteiger partial charge in [0.1, 0.15) is 0 Å². The summed E-state index contributed by atoms with van der Waals surface area (Å²) >= 11 is 5.74. The number of hydrogen-bond acceptors (Lipinski definition) is 2. The van der Waals surface area contributed by atoms with E-state index in [4.69, 9.17) is 16.3 Å². The van der Waals surface area contributed by atoms with Crippen LogP contribution in [0.15, 0.2) is 0 Å². The number of hydrogen-bond donors (Lipinski definition) is 1. The fourth-order valence-electron chi connectivity index (χ4n) is 1.29. The monoisotopic (exact) mass is 207 g/mol. The third-order valence-corrected chi connectivity index (χ3v) is 2.36. The summed E-state index contributed by atoms with van der Waals surface area (Å²) in [5, 5.41) is 3.45. The molecule has 0 amide bonds. The number of halogens is 1. The fourth-order valence-corrected chi connectivity index (χ4v) is 1.50. The molecule has 0 fully saturated rings. The van der Waals surface area contributed by atoms with E-state index in [1.54, 1.807) is 7.11 Å². The van der Waals surface area contributed by atoms with E-state index in [0.29, 0.717) is 11.9 Å². The van der Waals surface area contributed by atoms with E-state index in [-0.39, 0.29) is 5.41 Å². The van der Waals surface area contributed by atoms with Gasteiger partial charge in [-0.3, -0.25) is 0 Å². The molecule has 0 spiro atoms. The lowest BCUT2D eigenvalue weighted by Crippen LogP contribution is -2.42. The topological polar surface area (TPSA) is 21.3 Å². The summed E-state index contributed by atoms with van der Waals surface area (Å²) in [6.45, 7) is 8.34. The van der Waals surface area contributed by atoms with Crippen molar-refractivity contribution in [3.8, 4) is 0 Å². The van der Waals surface area contributed by atoms with Crippen molar-refractivity contribution >= 4 is 11.6 Å². The van der Waals surface area contributed by atoms with Gasteiger partial charge in [-0.25, -0.2) is 0 Å². The molecule has 3 heteroatoms. The van der Waals surface area contributed by atoms with Crippen molar-refractivity contribution in [2.45, 2.75) is 33.2 Å². The van der Waals surface area contributed by atoms with Crippen LogP contribution in [0.4, 0.5) is 0 Å². The van der Waals surface area contributed by atoms with Gasteiger partial charge in [-0.1, -0.05) is 20.8 Å². The van der Waals surface area contributed by atoms with Crippen molar-refractivity contribution in [3.63, 3.8) is 0 Å². The number of ether oxygens (including phenoxy) is 1.